The molecule has 1 unspecified atom stereocenters. The third kappa shape index (κ3) is 4.37. The molecule has 0 aromatic rings. The lowest BCUT2D eigenvalue weighted by Crippen LogP contribution is -2.43. The number of ether oxygens (including phenoxy) is 2. The summed E-state index contributed by atoms with van der Waals surface area (Å²) in [6, 6.07) is 0. The van der Waals surface area contributed by atoms with Crippen LogP contribution in [0.1, 0.15) is 34.1 Å². The van der Waals surface area contributed by atoms with Crippen molar-refractivity contribution in [2.24, 2.45) is 0 Å². The Hall–Kier alpha value is -0.393. The van der Waals surface area contributed by atoms with Gasteiger partial charge in [-0.25, -0.2) is 0 Å². The maximum absolute atomic E-state index is 10.7. The van der Waals surface area contributed by atoms with Crippen molar-refractivity contribution in [1.82, 2.24) is 0 Å². The predicted molar refractivity (Wildman–Crippen MR) is 73.1 cm³/mol. The third-order valence-corrected chi connectivity index (χ3v) is 8.40. The van der Waals surface area contributed by atoms with E-state index < -0.39 is 8.32 Å². The molecule has 1 rings (SSSR count). The van der Waals surface area contributed by atoms with Gasteiger partial charge in [-0.05, 0) is 18.1 Å². The van der Waals surface area contributed by atoms with Crippen molar-refractivity contribution in [2.75, 3.05) is 19.8 Å². The molecular formula is C13H26O4Si. The maximum Gasteiger partial charge on any atom is 0.302 e. The van der Waals surface area contributed by atoms with Crippen LogP contribution in [-0.2, 0) is 18.7 Å². The van der Waals surface area contributed by atoms with E-state index in [0.717, 1.165) is 6.42 Å². The van der Waals surface area contributed by atoms with E-state index in [2.05, 4.69) is 33.9 Å². The number of rotatable bonds is 6. The highest BCUT2D eigenvalue weighted by Gasteiger charge is 2.47. The Balaban J connectivity index is 2.36. The summed E-state index contributed by atoms with van der Waals surface area (Å²) < 4.78 is 16.6. The molecule has 1 aliphatic rings. The van der Waals surface area contributed by atoms with Crippen LogP contribution >= 0.6 is 0 Å². The zero-order chi connectivity index (χ0) is 14.0. The van der Waals surface area contributed by atoms with E-state index in [9.17, 15) is 4.79 Å². The van der Waals surface area contributed by atoms with Gasteiger partial charge in [-0.1, -0.05) is 20.8 Å². The fourth-order valence-electron chi connectivity index (χ4n) is 1.31. The van der Waals surface area contributed by atoms with E-state index in [1.54, 1.807) is 0 Å². The molecule has 106 valence electrons. The van der Waals surface area contributed by atoms with E-state index in [4.69, 9.17) is 13.9 Å². The van der Waals surface area contributed by atoms with Crippen molar-refractivity contribution < 1.29 is 18.7 Å². The molecule has 1 aliphatic heterocycles. The van der Waals surface area contributed by atoms with Gasteiger partial charge in [-0.3, -0.25) is 4.79 Å². The second-order valence-corrected chi connectivity index (χ2v) is 11.4. The van der Waals surface area contributed by atoms with Crippen LogP contribution in [0.15, 0.2) is 0 Å². The average Bonchev–Trinajstić information content (AvgIpc) is 2.94. The summed E-state index contributed by atoms with van der Waals surface area (Å²) in [6.45, 7) is 14.3. The largest absolute Gasteiger partial charge is 0.466 e. The molecule has 0 aromatic heterocycles. The molecule has 5 heteroatoms. The van der Waals surface area contributed by atoms with Crippen molar-refractivity contribution in [3.8, 4) is 0 Å². The molecule has 0 bridgehead atoms. The molecule has 1 fully saturated rings. The smallest absolute Gasteiger partial charge is 0.302 e. The zero-order valence-corrected chi connectivity index (χ0v) is 13.5. The predicted octanol–water partition coefficient (Wildman–Crippen LogP) is 2.73. The average molecular weight is 274 g/mol. The highest BCUT2D eigenvalue weighted by atomic mass is 28.4. The number of esters is 1. The van der Waals surface area contributed by atoms with Crippen LogP contribution in [-0.4, -0.2) is 39.7 Å². The highest BCUT2D eigenvalue weighted by Crippen LogP contribution is 2.39. The van der Waals surface area contributed by atoms with E-state index in [1.165, 1.54) is 6.92 Å². The Labute approximate surface area is 111 Å². The van der Waals surface area contributed by atoms with Crippen molar-refractivity contribution in [2.45, 2.75) is 57.8 Å². The molecule has 0 aromatic carbocycles. The first kappa shape index (κ1) is 15.7. The molecule has 1 heterocycles. The van der Waals surface area contributed by atoms with Gasteiger partial charge in [0, 0.05) is 13.3 Å². The molecule has 0 aliphatic carbocycles. The van der Waals surface area contributed by atoms with Gasteiger partial charge < -0.3 is 13.9 Å². The van der Waals surface area contributed by atoms with Gasteiger partial charge in [0.05, 0.1) is 19.8 Å². The second-order valence-electron chi connectivity index (χ2n) is 6.61. The van der Waals surface area contributed by atoms with Crippen LogP contribution in [0.5, 0.6) is 0 Å². The lowest BCUT2D eigenvalue weighted by atomic mass is 10.1. The summed E-state index contributed by atoms with van der Waals surface area (Å²) in [6.07, 6.45) is 0.723. The summed E-state index contributed by atoms with van der Waals surface area (Å²) in [5.41, 5.74) is -0.203. The number of carbonyl (C=O) groups excluding carboxylic acids is 1. The van der Waals surface area contributed by atoms with E-state index >= 15 is 0 Å². The standard InChI is InChI=1S/C13H26O4Si/c1-11(14)15-8-7-13(9-16-13)10-17-18(5,6)12(2,3)4/h7-10H2,1-6H3. The third-order valence-electron chi connectivity index (χ3n) is 3.92. The number of epoxide rings is 1. The summed E-state index contributed by atoms with van der Waals surface area (Å²) >= 11 is 0. The summed E-state index contributed by atoms with van der Waals surface area (Å²) in [5.74, 6) is -0.240. The molecule has 18 heavy (non-hydrogen) atoms. The lowest BCUT2D eigenvalue weighted by molar-refractivity contribution is -0.141. The number of hydrogen-bond acceptors (Lipinski definition) is 4. The van der Waals surface area contributed by atoms with Crippen LogP contribution in [0, 0.1) is 0 Å². The Morgan fingerprint density at radius 2 is 1.94 bits per heavy atom. The van der Waals surface area contributed by atoms with Crippen molar-refractivity contribution >= 4 is 14.3 Å². The SMILES string of the molecule is CC(=O)OCCC1(CO[Si](C)(C)C(C)(C)C)CO1. The van der Waals surface area contributed by atoms with Crippen LogP contribution in [0.2, 0.25) is 18.1 Å². The Bertz CT molecular complexity index is 303. The summed E-state index contributed by atoms with van der Waals surface area (Å²) in [7, 11) is -1.72. The van der Waals surface area contributed by atoms with Crippen molar-refractivity contribution in [1.29, 1.82) is 0 Å². The monoisotopic (exact) mass is 274 g/mol. The minimum atomic E-state index is -1.72. The summed E-state index contributed by atoms with van der Waals surface area (Å²) in [5, 5.41) is 0.207. The molecule has 0 N–H and O–H groups in total. The van der Waals surface area contributed by atoms with Gasteiger partial charge in [0.2, 0.25) is 0 Å². The second kappa shape index (κ2) is 5.31. The van der Waals surface area contributed by atoms with Gasteiger partial charge in [0.1, 0.15) is 5.60 Å². The Kier molecular flexibility index (Phi) is 4.62. The first-order valence-corrected chi connectivity index (χ1v) is 9.40. The topological polar surface area (TPSA) is 48.1 Å². The molecule has 1 atom stereocenters. The van der Waals surface area contributed by atoms with Crippen LogP contribution in [0.4, 0.5) is 0 Å². The molecule has 0 saturated carbocycles. The lowest BCUT2D eigenvalue weighted by Gasteiger charge is -2.36. The van der Waals surface area contributed by atoms with Gasteiger partial charge in [-0.2, -0.15) is 0 Å². The Morgan fingerprint density at radius 1 is 1.39 bits per heavy atom. The van der Waals surface area contributed by atoms with E-state index in [1.807, 2.05) is 0 Å². The fraction of sp³-hybridized carbons (Fsp3) is 0.923. The molecular weight excluding hydrogens is 248 g/mol. The molecule has 0 spiro atoms. The summed E-state index contributed by atoms with van der Waals surface area (Å²) in [4.78, 5) is 10.7. The quantitative estimate of drug-likeness (QED) is 0.424. The van der Waals surface area contributed by atoms with E-state index in [0.29, 0.717) is 19.8 Å². The van der Waals surface area contributed by atoms with Crippen LogP contribution < -0.4 is 0 Å². The normalized spacial score (nSPS) is 23.9. The van der Waals surface area contributed by atoms with Crippen molar-refractivity contribution in [3.63, 3.8) is 0 Å². The number of hydrogen-bond donors (Lipinski definition) is 0. The minimum absolute atomic E-state index is 0.203. The molecule has 0 amide bonds. The van der Waals surface area contributed by atoms with Crippen LogP contribution in [0.3, 0.4) is 0 Å². The fourth-order valence-corrected chi connectivity index (χ4v) is 2.37. The molecule has 4 nitrogen and oxygen atoms in total. The van der Waals surface area contributed by atoms with Gasteiger partial charge in [0.25, 0.3) is 0 Å². The highest BCUT2D eigenvalue weighted by molar-refractivity contribution is 6.74. The zero-order valence-electron chi connectivity index (χ0n) is 12.5. The first-order chi connectivity index (χ1) is 8.08. The molecule has 0 radical (unpaired) electrons. The van der Waals surface area contributed by atoms with Gasteiger partial charge in [0.15, 0.2) is 8.32 Å². The van der Waals surface area contributed by atoms with Gasteiger partial charge >= 0.3 is 5.97 Å². The van der Waals surface area contributed by atoms with Crippen LogP contribution in [0.25, 0.3) is 0 Å². The van der Waals surface area contributed by atoms with Crippen molar-refractivity contribution in [3.05, 3.63) is 0 Å². The van der Waals surface area contributed by atoms with Gasteiger partial charge in [-0.15, -0.1) is 0 Å². The first-order valence-electron chi connectivity index (χ1n) is 6.49. The maximum atomic E-state index is 10.7. The number of carbonyl (C=O) groups is 1. The van der Waals surface area contributed by atoms with E-state index in [-0.39, 0.29) is 16.6 Å². The molecule has 1 saturated heterocycles. The Morgan fingerprint density at radius 3 is 2.33 bits per heavy atom. The minimum Gasteiger partial charge on any atom is -0.466 e.